The number of aryl methyl sites for hydroxylation is 3. The van der Waals surface area contributed by atoms with E-state index in [9.17, 15) is 23.1 Å². The minimum absolute atomic E-state index is 0.0278. The fraction of sp³-hybridized carbons (Fsp3) is 0.385. The van der Waals surface area contributed by atoms with Crippen LogP contribution in [0.2, 0.25) is 0 Å². The number of amides is 1. The highest BCUT2D eigenvalue weighted by Crippen LogP contribution is 2.20. The van der Waals surface area contributed by atoms with E-state index in [2.05, 4.69) is 30.8 Å². The molecule has 3 aromatic rings. The number of aliphatic carboxylic acids is 1. The average Bonchev–Trinajstić information content (AvgIpc) is 3.31. The molecule has 1 aromatic heterocycles. The van der Waals surface area contributed by atoms with Crippen LogP contribution in [0.4, 0.5) is 0 Å². The smallest absolute Gasteiger partial charge is 0.323 e. The molecule has 2 unspecified atom stereocenters. The highest BCUT2D eigenvalue weighted by Gasteiger charge is 2.28. The van der Waals surface area contributed by atoms with Crippen molar-refractivity contribution in [3.05, 3.63) is 59.3 Å². The fourth-order valence-corrected chi connectivity index (χ4v) is 6.12. The van der Waals surface area contributed by atoms with Crippen LogP contribution in [-0.2, 0) is 21.4 Å². The second kappa shape index (κ2) is 12.5. The van der Waals surface area contributed by atoms with Gasteiger partial charge in [0.1, 0.15) is 6.04 Å². The summed E-state index contributed by atoms with van der Waals surface area (Å²) in [7, 11) is -4.13. The van der Waals surface area contributed by atoms with E-state index in [4.69, 9.17) is 0 Å². The molecule has 2 aromatic carbocycles. The van der Waals surface area contributed by atoms with Crippen molar-refractivity contribution in [1.82, 2.24) is 30.5 Å². The number of carboxylic acid groups (broad SMARTS) is 1. The van der Waals surface area contributed by atoms with Gasteiger partial charge >= 0.3 is 5.97 Å². The van der Waals surface area contributed by atoms with Gasteiger partial charge in [0.25, 0.3) is 5.91 Å². The van der Waals surface area contributed by atoms with Gasteiger partial charge in [-0.15, -0.1) is 0 Å². The topological polar surface area (TPSA) is 167 Å². The van der Waals surface area contributed by atoms with Crippen molar-refractivity contribution in [2.45, 2.75) is 50.5 Å². The Hall–Kier alpha value is -3.65. The number of nitrogens with zero attached hydrogens (tertiary/aromatic N) is 3. The van der Waals surface area contributed by atoms with Crippen LogP contribution in [0.1, 0.15) is 34.3 Å². The number of carboxylic acids is 1. The summed E-state index contributed by atoms with van der Waals surface area (Å²) >= 11 is 0. The van der Waals surface area contributed by atoms with Gasteiger partial charge in [0.15, 0.2) is 6.29 Å². The van der Waals surface area contributed by atoms with E-state index in [0.717, 1.165) is 36.8 Å². The lowest BCUT2D eigenvalue weighted by Crippen LogP contribution is -2.48. The number of carbonyl (C=O) groups is 2. The molecular weight excluding hydrogens is 522 g/mol. The summed E-state index contributed by atoms with van der Waals surface area (Å²) in [6.07, 6.45) is 5.29. The number of hydrogen-bond donors (Lipinski definition) is 5. The predicted molar refractivity (Wildman–Crippen MR) is 147 cm³/mol. The maximum atomic E-state index is 12.9. The second-order valence-corrected chi connectivity index (χ2v) is 11.0. The maximum absolute atomic E-state index is 12.9. The first-order valence-corrected chi connectivity index (χ1v) is 14.2. The Balaban J connectivity index is 1.35. The van der Waals surface area contributed by atoms with Crippen molar-refractivity contribution in [3.63, 3.8) is 0 Å². The quantitative estimate of drug-likeness (QED) is 0.208. The highest BCUT2D eigenvalue weighted by atomic mass is 32.2. The molecule has 5 N–H and O–H groups in total. The van der Waals surface area contributed by atoms with Crippen molar-refractivity contribution in [1.29, 1.82) is 0 Å². The van der Waals surface area contributed by atoms with Gasteiger partial charge < -0.3 is 10.4 Å². The molecule has 1 amide bonds. The number of nitrogens with one attached hydrogen (secondary N) is 4. The van der Waals surface area contributed by atoms with Crippen molar-refractivity contribution >= 4 is 39.0 Å². The minimum atomic E-state index is -4.13. The lowest BCUT2D eigenvalue weighted by Gasteiger charge is -2.19. The number of benzene rings is 2. The molecule has 0 spiro atoms. The third-order valence-electron chi connectivity index (χ3n) is 6.39. The van der Waals surface area contributed by atoms with Crippen LogP contribution in [0.25, 0.3) is 10.9 Å². The Bertz CT molecular complexity index is 1460. The van der Waals surface area contributed by atoms with Crippen LogP contribution < -0.4 is 20.7 Å². The summed E-state index contributed by atoms with van der Waals surface area (Å²) in [6.45, 7) is 5.19. The molecule has 0 bridgehead atoms. The largest absolute Gasteiger partial charge is 0.480 e. The van der Waals surface area contributed by atoms with Gasteiger partial charge in [0.2, 0.25) is 10.0 Å². The Labute approximate surface area is 226 Å². The summed E-state index contributed by atoms with van der Waals surface area (Å²) in [5.41, 5.74) is 2.17. The van der Waals surface area contributed by atoms with Gasteiger partial charge in [-0.2, -0.15) is 9.82 Å². The Morgan fingerprint density at radius 2 is 1.97 bits per heavy atom. The van der Waals surface area contributed by atoms with Crippen LogP contribution >= 0.6 is 0 Å². The first-order valence-electron chi connectivity index (χ1n) is 12.7. The Morgan fingerprint density at radius 1 is 1.21 bits per heavy atom. The van der Waals surface area contributed by atoms with Gasteiger partial charge in [0.05, 0.1) is 16.6 Å². The second-order valence-electron chi connectivity index (χ2n) is 9.37. The van der Waals surface area contributed by atoms with E-state index >= 15 is 0 Å². The predicted octanol–water partition coefficient (Wildman–Crippen LogP) is 1.14. The van der Waals surface area contributed by atoms with E-state index in [0.29, 0.717) is 23.2 Å². The van der Waals surface area contributed by atoms with Gasteiger partial charge in [0, 0.05) is 43.3 Å². The number of hydrogen-bond acceptors (Lipinski definition) is 8. The zero-order chi connectivity index (χ0) is 28.0. The van der Waals surface area contributed by atoms with Crippen molar-refractivity contribution in [2.75, 3.05) is 19.6 Å². The van der Waals surface area contributed by atoms with Crippen LogP contribution in [-0.4, -0.2) is 73.4 Å². The molecule has 13 heteroatoms. The fourth-order valence-electron chi connectivity index (χ4n) is 4.46. The first-order chi connectivity index (χ1) is 18.7. The monoisotopic (exact) mass is 555 g/mol. The van der Waals surface area contributed by atoms with E-state index in [-0.39, 0.29) is 11.2 Å². The summed E-state index contributed by atoms with van der Waals surface area (Å²) in [6, 6.07) is 8.54. The summed E-state index contributed by atoms with van der Waals surface area (Å²) < 4.78 is 29.9. The summed E-state index contributed by atoms with van der Waals surface area (Å²) in [5, 5.41) is 23.9. The molecule has 0 radical (unpaired) electrons. The molecule has 208 valence electrons. The molecule has 1 aliphatic rings. The molecule has 12 nitrogen and oxygen atoms in total. The molecule has 1 aliphatic heterocycles. The molecule has 0 saturated heterocycles. The molecule has 0 fully saturated rings. The number of carbonyl (C=O) groups excluding carboxylic acids is 1. The van der Waals surface area contributed by atoms with Crippen LogP contribution in [0.15, 0.2) is 52.5 Å². The van der Waals surface area contributed by atoms with Gasteiger partial charge in [-0.05, 0) is 56.0 Å². The number of aliphatic imine (C=N–C) groups is 1. The third-order valence-corrected chi connectivity index (χ3v) is 8.17. The lowest BCUT2D eigenvalue weighted by molar-refractivity contribution is -0.138. The van der Waals surface area contributed by atoms with E-state index in [1.807, 2.05) is 10.9 Å². The van der Waals surface area contributed by atoms with E-state index in [1.54, 1.807) is 56.4 Å². The Kier molecular flexibility index (Phi) is 9.07. The Morgan fingerprint density at radius 3 is 2.67 bits per heavy atom. The van der Waals surface area contributed by atoms with Gasteiger partial charge in [-0.3, -0.25) is 29.9 Å². The van der Waals surface area contributed by atoms with Gasteiger partial charge in [-0.1, -0.05) is 18.2 Å². The molecule has 4 rings (SSSR count). The lowest BCUT2D eigenvalue weighted by atomic mass is 10.1. The average molecular weight is 556 g/mol. The number of sulfonamides is 1. The van der Waals surface area contributed by atoms with Crippen molar-refractivity contribution < 1.29 is 23.1 Å². The normalized spacial score (nSPS) is 16.3. The van der Waals surface area contributed by atoms with E-state index in [1.165, 1.54) is 0 Å². The SMILES string of the molecule is Cc1cccc(C)c1S(=O)(=O)NC(CNC(=O)c1ccc2c(cnn2CCCNC2N=CCCN2)c1)C(=O)O. The standard InChI is InChI=1S/C26H33N7O5S/c1-17-6-3-7-18(2)23(17)39(37,38)32-21(25(35)36)16-30-24(34)19-8-9-22-20(14-19)15-31-33(22)13-5-12-29-26-27-10-4-11-28-26/h3,6-10,14-15,21,26,28-29,32H,4-5,11-13,16H2,1-2H3,(H,30,34)(H,35,36). The van der Waals surface area contributed by atoms with Crippen LogP contribution in [0.3, 0.4) is 0 Å². The minimum Gasteiger partial charge on any atom is -0.480 e. The highest BCUT2D eigenvalue weighted by molar-refractivity contribution is 7.89. The number of rotatable bonds is 12. The van der Waals surface area contributed by atoms with Crippen molar-refractivity contribution in [2.24, 2.45) is 4.99 Å². The first kappa shape index (κ1) is 28.4. The van der Waals surface area contributed by atoms with Gasteiger partial charge in [-0.25, -0.2) is 8.42 Å². The third kappa shape index (κ3) is 7.06. The van der Waals surface area contributed by atoms with Crippen molar-refractivity contribution in [3.8, 4) is 0 Å². The summed E-state index contributed by atoms with van der Waals surface area (Å²) in [4.78, 5) is 29.0. The zero-order valence-electron chi connectivity index (χ0n) is 21.8. The molecule has 2 heterocycles. The molecule has 2 atom stereocenters. The van der Waals surface area contributed by atoms with Crippen LogP contribution in [0.5, 0.6) is 0 Å². The number of aromatic nitrogens is 2. The number of fused-ring (bicyclic) bond motifs is 1. The molecule has 0 saturated carbocycles. The summed E-state index contributed by atoms with van der Waals surface area (Å²) in [5.74, 6) is -1.92. The molecule has 0 aliphatic carbocycles. The van der Waals surface area contributed by atoms with Crippen LogP contribution in [0, 0.1) is 13.8 Å². The maximum Gasteiger partial charge on any atom is 0.323 e. The zero-order valence-corrected chi connectivity index (χ0v) is 22.7. The van der Waals surface area contributed by atoms with E-state index < -0.39 is 34.5 Å². The molecule has 39 heavy (non-hydrogen) atoms. The molecular formula is C26H33N7O5S.